The average Bonchev–Trinajstić information content (AvgIpc) is 3.51. The van der Waals surface area contributed by atoms with Crippen LogP contribution in [-0.4, -0.2) is 27.7 Å². The van der Waals surface area contributed by atoms with Crippen LogP contribution in [0.25, 0.3) is 55.9 Å². The molecule has 0 aliphatic carbocycles. The van der Waals surface area contributed by atoms with Crippen LogP contribution in [0.15, 0.2) is 164 Å². The number of phenolic OH excluding ortho intramolecular Hbond substituents is 1. The summed E-state index contributed by atoms with van der Waals surface area (Å²) in [6, 6.07) is 54.1. The van der Waals surface area contributed by atoms with Gasteiger partial charge in [0.1, 0.15) is 11.6 Å². The molecule has 52 heavy (non-hydrogen) atoms. The largest absolute Gasteiger partial charge is 0.507 e. The lowest BCUT2D eigenvalue weighted by Gasteiger charge is -2.25. The van der Waals surface area contributed by atoms with Crippen molar-refractivity contribution in [2.45, 2.75) is 19.6 Å². The molecule has 5 nitrogen and oxygen atoms in total. The highest BCUT2D eigenvalue weighted by Gasteiger charge is 2.21. The molecule has 2 heterocycles. The Morgan fingerprint density at radius 2 is 1.19 bits per heavy atom. The number of pyridine rings is 1. The highest BCUT2D eigenvalue weighted by atomic mass is 28.3. The number of anilines is 3. The summed E-state index contributed by atoms with van der Waals surface area (Å²) in [5.74, 6) is 0.857. The zero-order valence-electron chi connectivity index (χ0n) is 29.8. The zero-order valence-corrected chi connectivity index (χ0v) is 30.8. The van der Waals surface area contributed by atoms with Crippen molar-refractivity contribution < 1.29 is 5.11 Å². The Balaban J connectivity index is 1.23. The first-order chi connectivity index (χ1) is 25.2. The normalized spacial score (nSPS) is 11.5. The van der Waals surface area contributed by atoms with Gasteiger partial charge < -0.3 is 14.6 Å². The highest BCUT2D eigenvalue weighted by molar-refractivity contribution is 6.88. The van der Waals surface area contributed by atoms with E-state index in [0.717, 1.165) is 61.6 Å². The van der Waals surface area contributed by atoms with Gasteiger partial charge in [-0.05, 0) is 88.6 Å². The number of aromatic nitrogens is 3. The number of phenols is 1. The third-order valence-electron chi connectivity index (χ3n) is 9.70. The van der Waals surface area contributed by atoms with Crippen LogP contribution in [0.5, 0.6) is 5.75 Å². The molecule has 0 spiro atoms. The number of nitrogens with zero attached hydrogens (tertiary/aromatic N) is 4. The van der Waals surface area contributed by atoms with E-state index in [1.807, 2.05) is 67.7 Å². The number of hydrogen-bond acceptors (Lipinski definition) is 4. The minimum Gasteiger partial charge on any atom is -0.507 e. The van der Waals surface area contributed by atoms with Crippen molar-refractivity contribution in [3.63, 3.8) is 0 Å². The van der Waals surface area contributed by atoms with Crippen LogP contribution in [-0.2, 0) is 7.05 Å². The lowest BCUT2D eigenvalue weighted by molar-refractivity contribution is 0.477. The van der Waals surface area contributed by atoms with E-state index in [1.54, 1.807) is 0 Å². The Hall–Kier alpha value is -6.24. The quantitative estimate of drug-likeness (QED) is 0.161. The third kappa shape index (κ3) is 6.29. The van der Waals surface area contributed by atoms with Crippen LogP contribution in [0.3, 0.4) is 0 Å². The number of rotatable bonds is 8. The molecule has 0 saturated heterocycles. The van der Waals surface area contributed by atoms with Gasteiger partial charge in [-0.3, -0.25) is 4.98 Å². The first-order valence-electron chi connectivity index (χ1n) is 17.6. The number of para-hydroxylation sites is 3. The minimum atomic E-state index is -1.48. The number of fused-ring (bicyclic) bond motifs is 1. The molecule has 0 atom stereocenters. The van der Waals surface area contributed by atoms with Gasteiger partial charge >= 0.3 is 0 Å². The molecule has 8 aromatic rings. The summed E-state index contributed by atoms with van der Waals surface area (Å²) in [5.41, 5.74) is 11.7. The standard InChI is InChI=1S/C46H40N4OSi/c1-49-43-22-14-21-40(34-27-33(32-15-8-5-9-16-32)28-35(29-34)42-26-24-39(31-47-42)52(2,3)4)45(43)48-46(49)41-25-23-38(30-44(41)51)50(36-17-10-6-11-18-36)37-19-12-7-13-20-37/h5-31,51H,1-4H3. The number of hydrogen-bond donors (Lipinski definition) is 1. The molecule has 1 N–H and O–H groups in total. The van der Waals surface area contributed by atoms with Gasteiger partial charge in [-0.1, -0.05) is 105 Å². The second-order valence-corrected chi connectivity index (χ2v) is 19.3. The summed E-state index contributed by atoms with van der Waals surface area (Å²) in [7, 11) is 0.528. The third-order valence-corrected chi connectivity index (χ3v) is 11.7. The van der Waals surface area contributed by atoms with Gasteiger partial charge in [0.2, 0.25) is 0 Å². The van der Waals surface area contributed by atoms with Crippen molar-refractivity contribution in [2.75, 3.05) is 4.90 Å². The predicted octanol–water partition coefficient (Wildman–Crippen LogP) is 11.4. The second kappa shape index (κ2) is 13.5. The average molecular weight is 693 g/mol. The summed E-state index contributed by atoms with van der Waals surface area (Å²) in [6.45, 7) is 7.04. The fraction of sp³-hybridized carbons (Fsp3) is 0.0870. The Bertz CT molecular complexity index is 2470. The Kier molecular flexibility index (Phi) is 8.53. The summed E-state index contributed by atoms with van der Waals surface area (Å²) >= 11 is 0. The number of benzene rings is 6. The van der Waals surface area contributed by atoms with Crippen LogP contribution in [0, 0.1) is 0 Å². The molecule has 6 aromatic carbocycles. The molecular weight excluding hydrogens is 653 g/mol. The van der Waals surface area contributed by atoms with Gasteiger partial charge in [-0.15, -0.1) is 0 Å². The lowest BCUT2D eigenvalue weighted by Crippen LogP contribution is -2.37. The molecule has 0 fully saturated rings. The van der Waals surface area contributed by atoms with Crippen LogP contribution in [0.1, 0.15) is 0 Å². The Morgan fingerprint density at radius 3 is 1.81 bits per heavy atom. The maximum absolute atomic E-state index is 11.6. The van der Waals surface area contributed by atoms with Gasteiger partial charge in [-0.25, -0.2) is 4.98 Å². The van der Waals surface area contributed by atoms with E-state index in [1.165, 1.54) is 5.19 Å². The van der Waals surface area contributed by atoms with Crippen molar-refractivity contribution in [3.05, 3.63) is 164 Å². The van der Waals surface area contributed by atoms with Gasteiger partial charge in [-0.2, -0.15) is 0 Å². The van der Waals surface area contributed by atoms with E-state index in [4.69, 9.17) is 9.97 Å². The van der Waals surface area contributed by atoms with E-state index in [9.17, 15) is 5.11 Å². The van der Waals surface area contributed by atoms with Gasteiger partial charge in [0.25, 0.3) is 0 Å². The summed E-state index contributed by atoms with van der Waals surface area (Å²) in [6.07, 6.45) is 2.05. The van der Waals surface area contributed by atoms with Crippen LogP contribution < -0.4 is 10.1 Å². The topological polar surface area (TPSA) is 54.2 Å². The molecule has 8 rings (SSSR count). The molecule has 254 valence electrons. The maximum Gasteiger partial charge on any atom is 0.144 e. The smallest absolute Gasteiger partial charge is 0.144 e. The van der Waals surface area contributed by atoms with E-state index in [2.05, 4.69) is 132 Å². The fourth-order valence-corrected chi connectivity index (χ4v) is 7.91. The molecular formula is C46H40N4OSi. The molecule has 0 unspecified atom stereocenters. The molecule has 2 aromatic heterocycles. The molecule has 0 radical (unpaired) electrons. The van der Waals surface area contributed by atoms with Crippen LogP contribution in [0.2, 0.25) is 19.6 Å². The zero-order chi connectivity index (χ0) is 35.8. The van der Waals surface area contributed by atoms with Crippen molar-refractivity contribution in [1.29, 1.82) is 0 Å². The molecule has 0 aliphatic heterocycles. The highest BCUT2D eigenvalue weighted by Crippen LogP contribution is 2.41. The molecule has 6 heteroatoms. The molecule has 0 bridgehead atoms. The predicted molar refractivity (Wildman–Crippen MR) is 220 cm³/mol. The molecule has 0 saturated carbocycles. The van der Waals surface area contributed by atoms with Crippen molar-refractivity contribution in [2.24, 2.45) is 7.05 Å². The van der Waals surface area contributed by atoms with Crippen molar-refractivity contribution in [3.8, 4) is 50.6 Å². The van der Waals surface area contributed by atoms with Crippen LogP contribution >= 0.6 is 0 Å². The summed E-state index contributed by atoms with van der Waals surface area (Å²) in [4.78, 5) is 12.3. The van der Waals surface area contributed by atoms with Gasteiger partial charge in [0.05, 0.1) is 30.4 Å². The molecule has 0 amide bonds. The number of imidazole rings is 1. The second-order valence-electron chi connectivity index (χ2n) is 14.2. The number of aromatic hydroxyl groups is 1. The Morgan fingerprint density at radius 1 is 0.558 bits per heavy atom. The summed E-state index contributed by atoms with van der Waals surface area (Å²) < 4.78 is 2.07. The summed E-state index contributed by atoms with van der Waals surface area (Å²) in [5, 5.41) is 13.0. The lowest BCUT2D eigenvalue weighted by atomic mass is 9.94. The van der Waals surface area contributed by atoms with E-state index < -0.39 is 8.07 Å². The first-order valence-corrected chi connectivity index (χ1v) is 21.1. The van der Waals surface area contributed by atoms with Crippen LogP contribution in [0.4, 0.5) is 17.1 Å². The van der Waals surface area contributed by atoms with Gasteiger partial charge in [0, 0.05) is 47.5 Å². The van der Waals surface area contributed by atoms with E-state index in [-0.39, 0.29) is 5.75 Å². The SMILES string of the molecule is Cn1c(-c2ccc(N(c3ccccc3)c3ccccc3)cc2O)nc2c(-c3cc(-c4ccccc4)cc(-c4ccc([Si](C)(C)C)cn4)c3)cccc21. The molecule has 0 aliphatic rings. The fourth-order valence-electron chi connectivity index (χ4n) is 6.87. The van der Waals surface area contributed by atoms with E-state index >= 15 is 0 Å². The maximum atomic E-state index is 11.6. The minimum absolute atomic E-state index is 0.163. The monoisotopic (exact) mass is 692 g/mol. The first kappa shape index (κ1) is 32.9. The van der Waals surface area contributed by atoms with Crippen molar-refractivity contribution in [1.82, 2.24) is 14.5 Å². The number of aryl methyl sites for hydroxylation is 1. The van der Waals surface area contributed by atoms with E-state index in [0.29, 0.717) is 11.4 Å². The Labute approximate surface area is 306 Å². The van der Waals surface area contributed by atoms with Crippen molar-refractivity contribution >= 4 is 41.4 Å². The van der Waals surface area contributed by atoms with Gasteiger partial charge in [0.15, 0.2) is 0 Å².